The fourth-order valence-electron chi connectivity index (χ4n) is 13.8. The van der Waals surface area contributed by atoms with Crippen LogP contribution in [0.25, 0.3) is 22.3 Å². The van der Waals surface area contributed by atoms with Gasteiger partial charge in [-0.05, 0) is 145 Å². The van der Waals surface area contributed by atoms with E-state index in [-0.39, 0.29) is 71.2 Å². The third-order valence-electron chi connectivity index (χ3n) is 18.4. The first kappa shape index (κ1) is 50.1. The number of imidazole rings is 1. The highest BCUT2D eigenvalue weighted by Gasteiger charge is 2.56. The molecule has 5 aromatic rings. The summed E-state index contributed by atoms with van der Waals surface area (Å²) in [5.74, 6) is 0.0551. The van der Waals surface area contributed by atoms with Crippen molar-refractivity contribution in [3.8, 4) is 11.3 Å². The lowest BCUT2D eigenvalue weighted by atomic mass is 9.73. The molecule has 76 heavy (non-hydrogen) atoms. The van der Waals surface area contributed by atoms with Crippen molar-refractivity contribution in [3.63, 3.8) is 0 Å². The van der Waals surface area contributed by atoms with Crippen LogP contribution >= 0.6 is 0 Å². The number of aromatic nitrogens is 4. The molecule has 1 spiro atoms. The van der Waals surface area contributed by atoms with Crippen molar-refractivity contribution in [1.82, 2.24) is 39.5 Å². The van der Waals surface area contributed by atoms with Gasteiger partial charge in [0.2, 0.25) is 29.5 Å². The standard InChI is InChI=1S/C59H70FN11O5/c1-36(2)70-35-62-49-32-48(64-54(53(49)70)63-47-10-6-5-9-46(47)60)38-13-18-45-50(29-38)71(43-30-42(31-43)67-24-7-4-8-25-67)58(76)59(45)22-27-68(28-23-59)57(75)40-21-26-69(34-40)56(74)37-11-15-41(16-12-37)66(3)51-19-14-39(33-61-51)44-17-20-52(72)65-55(44)73/h5-6,9-10,13-14,18-19,29,32-33,35-37,40-44H,4,7-8,11-12,15-17,20-28,30-31,34H2,1-3H3,(H,63,64)(H,65,72,73)/t37?,40-,41?,42?,43?,44-/m1/s1. The Bertz CT molecular complexity index is 3060. The normalized spacial score (nSPS) is 25.8. The molecule has 2 saturated carbocycles. The summed E-state index contributed by atoms with van der Waals surface area (Å²) in [5, 5.41) is 5.71. The molecule has 8 heterocycles. The van der Waals surface area contributed by atoms with Gasteiger partial charge in [-0.15, -0.1) is 0 Å². The Labute approximate surface area is 443 Å². The molecule has 0 unspecified atom stereocenters. The molecule has 398 valence electrons. The predicted molar refractivity (Wildman–Crippen MR) is 288 cm³/mol. The number of rotatable bonds is 11. The summed E-state index contributed by atoms with van der Waals surface area (Å²) in [7, 11) is 2.03. The van der Waals surface area contributed by atoms with Crippen molar-refractivity contribution in [2.24, 2.45) is 11.8 Å². The summed E-state index contributed by atoms with van der Waals surface area (Å²) in [6.45, 7) is 8.33. The largest absolute Gasteiger partial charge is 0.357 e. The second-order valence-electron chi connectivity index (χ2n) is 23.1. The van der Waals surface area contributed by atoms with Gasteiger partial charge in [0.15, 0.2) is 5.82 Å². The van der Waals surface area contributed by atoms with Crippen molar-refractivity contribution in [1.29, 1.82) is 0 Å². The van der Waals surface area contributed by atoms with Gasteiger partial charge in [-0.3, -0.25) is 29.3 Å². The number of carbonyl (C=O) groups excluding carboxylic acids is 5. The third-order valence-corrected chi connectivity index (χ3v) is 18.4. The topological polar surface area (TPSA) is 169 Å². The fraction of sp³-hybridized carbons (Fsp3) is 0.525. The summed E-state index contributed by atoms with van der Waals surface area (Å²) in [6, 6.07) is 19.6. The number of likely N-dealkylation sites (tertiary alicyclic amines) is 3. The first-order valence-electron chi connectivity index (χ1n) is 28.1. The van der Waals surface area contributed by atoms with Gasteiger partial charge < -0.3 is 34.4 Å². The van der Waals surface area contributed by atoms with Crippen LogP contribution in [0.3, 0.4) is 0 Å². The number of hydrogen-bond donors (Lipinski definition) is 2. The monoisotopic (exact) mass is 1030 g/mol. The Morgan fingerprint density at radius 1 is 0.816 bits per heavy atom. The summed E-state index contributed by atoms with van der Waals surface area (Å²) in [5.41, 5.74) is 5.34. The number of nitrogens with zero attached hydrogens (tertiary/aromatic N) is 9. The summed E-state index contributed by atoms with van der Waals surface area (Å²) < 4.78 is 17.2. The maximum atomic E-state index is 15.3. The molecule has 7 aliphatic rings. The van der Waals surface area contributed by atoms with Gasteiger partial charge in [0.05, 0.1) is 40.5 Å². The molecule has 2 aliphatic carbocycles. The second kappa shape index (κ2) is 20.3. The summed E-state index contributed by atoms with van der Waals surface area (Å²) in [6.07, 6.45) is 14.9. The highest BCUT2D eigenvalue weighted by Crippen LogP contribution is 2.52. The zero-order valence-electron chi connectivity index (χ0n) is 44.1. The molecule has 17 heteroatoms. The molecule has 3 aromatic heterocycles. The van der Waals surface area contributed by atoms with E-state index in [1.165, 1.54) is 25.3 Å². The molecule has 16 nitrogen and oxygen atoms in total. The number of para-hydroxylation sites is 1. The van der Waals surface area contributed by atoms with E-state index >= 15 is 9.18 Å². The lowest BCUT2D eigenvalue weighted by Gasteiger charge is -2.48. The number of imide groups is 1. The van der Waals surface area contributed by atoms with Crippen LogP contribution in [-0.4, -0.2) is 128 Å². The van der Waals surface area contributed by atoms with E-state index in [9.17, 15) is 19.2 Å². The van der Waals surface area contributed by atoms with Gasteiger partial charge in [0, 0.05) is 87.2 Å². The quantitative estimate of drug-likeness (QED) is 0.122. The van der Waals surface area contributed by atoms with Gasteiger partial charge in [-0.1, -0.05) is 36.8 Å². The molecule has 12 rings (SSSR count). The van der Waals surface area contributed by atoms with Crippen LogP contribution in [0.5, 0.6) is 0 Å². The average Bonchev–Trinajstić information content (AvgIpc) is 4.20. The van der Waals surface area contributed by atoms with Gasteiger partial charge >= 0.3 is 0 Å². The number of anilines is 4. The summed E-state index contributed by atoms with van der Waals surface area (Å²) >= 11 is 0. The molecule has 2 atom stereocenters. The molecule has 5 amide bonds. The molecule has 2 aromatic carbocycles. The molecule has 2 N–H and O–H groups in total. The average molecular weight is 1030 g/mol. The molecule has 5 aliphatic heterocycles. The number of amides is 5. The number of fused-ring (bicyclic) bond motifs is 3. The van der Waals surface area contributed by atoms with Crippen molar-refractivity contribution in [2.75, 3.05) is 61.4 Å². The minimum Gasteiger partial charge on any atom is -0.357 e. The Kier molecular flexibility index (Phi) is 13.4. The molecule has 4 saturated heterocycles. The predicted octanol–water partition coefficient (Wildman–Crippen LogP) is 8.24. The maximum absolute atomic E-state index is 15.3. The van der Waals surface area contributed by atoms with Crippen molar-refractivity contribution < 1.29 is 28.4 Å². The number of halogens is 1. The Balaban J connectivity index is 0.718. The molecule has 6 fully saturated rings. The van der Waals surface area contributed by atoms with Gasteiger partial charge in [0.1, 0.15) is 17.2 Å². The van der Waals surface area contributed by atoms with E-state index in [0.29, 0.717) is 81.5 Å². The zero-order valence-corrected chi connectivity index (χ0v) is 44.1. The Morgan fingerprint density at radius 2 is 1.58 bits per heavy atom. The number of benzene rings is 2. The number of pyridine rings is 2. The number of piperidine rings is 3. The van der Waals surface area contributed by atoms with E-state index in [2.05, 4.69) is 62.4 Å². The minimum absolute atomic E-state index is 0.0730. The first-order chi connectivity index (χ1) is 36.8. The van der Waals surface area contributed by atoms with Crippen molar-refractivity contribution in [2.45, 2.75) is 139 Å². The smallest absolute Gasteiger partial charge is 0.238 e. The van der Waals surface area contributed by atoms with Crippen LogP contribution in [0, 0.1) is 17.7 Å². The van der Waals surface area contributed by atoms with E-state index in [0.717, 1.165) is 90.8 Å². The van der Waals surface area contributed by atoms with E-state index < -0.39 is 5.41 Å². The zero-order chi connectivity index (χ0) is 52.4. The molecular weight excluding hydrogens is 962 g/mol. The lowest BCUT2D eigenvalue weighted by Crippen LogP contribution is -2.58. The number of nitrogens with one attached hydrogen (secondary N) is 2. The number of carbonyl (C=O) groups is 5. The highest BCUT2D eigenvalue weighted by atomic mass is 19.1. The van der Waals surface area contributed by atoms with Gasteiger partial charge in [-0.25, -0.2) is 19.3 Å². The fourth-order valence-corrected chi connectivity index (χ4v) is 13.8. The molecular formula is C59H70FN11O5. The maximum Gasteiger partial charge on any atom is 0.238 e. The molecule has 0 radical (unpaired) electrons. The van der Waals surface area contributed by atoms with E-state index in [1.54, 1.807) is 30.7 Å². The van der Waals surface area contributed by atoms with Crippen LogP contribution < -0.4 is 20.4 Å². The van der Waals surface area contributed by atoms with Crippen LogP contribution in [0.1, 0.15) is 127 Å². The van der Waals surface area contributed by atoms with E-state index in [4.69, 9.17) is 9.97 Å². The Morgan fingerprint density at radius 3 is 2.30 bits per heavy atom. The Hall–Kier alpha value is -6.75. The highest BCUT2D eigenvalue weighted by molar-refractivity contribution is 6.09. The van der Waals surface area contributed by atoms with Crippen LogP contribution in [0.15, 0.2) is 73.2 Å². The minimum atomic E-state index is -0.758. The first-order valence-corrected chi connectivity index (χ1v) is 28.1. The van der Waals surface area contributed by atoms with Crippen LogP contribution in [0.4, 0.5) is 27.4 Å². The van der Waals surface area contributed by atoms with Crippen LogP contribution in [-0.2, 0) is 29.4 Å². The van der Waals surface area contributed by atoms with Gasteiger partial charge in [-0.2, -0.15) is 0 Å². The van der Waals surface area contributed by atoms with Crippen molar-refractivity contribution >= 4 is 63.6 Å². The van der Waals surface area contributed by atoms with Crippen LogP contribution in [0.2, 0.25) is 0 Å². The van der Waals surface area contributed by atoms with Crippen molar-refractivity contribution in [3.05, 3.63) is 90.1 Å². The lowest BCUT2D eigenvalue weighted by molar-refractivity contribution is -0.140. The summed E-state index contributed by atoms with van der Waals surface area (Å²) in [4.78, 5) is 93.2. The van der Waals surface area contributed by atoms with Gasteiger partial charge in [0.25, 0.3) is 0 Å². The second-order valence-corrected chi connectivity index (χ2v) is 23.1. The number of hydrogen-bond acceptors (Lipinski definition) is 11. The van der Waals surface area contributed by atoms with E-state index in [1.807, 2.05) is 39.6 Å². The molecule has 0 bridgehead atoms. The third kappa shape index (κ3) is 9.08. The SMILES string of the molecule is CC(C)n1cnc2cc(-c3ccc4c(c3)N(C3CC(N5CCCCC5)C3)C(=O)C43CCN(C(=O)[C@@H]4CCN(C(=O)C5CCC(N(C)c6ccc([C@H]7CCC(=O)NC7=O)cn6)CC5)C4)CC3)nc(Nc3ccccc3F)c21.